The van der Waals surface area contributed by atoms with E-state index < -0.39 is 11.5 Å². The van der Waals surface area contributed by atoms with Crippen LogP contribution in [0.5, 0.6) is 0 Å². The van der Waals surface area contributed by atoms with Gasteiger partial charge in [0.1, 0.15) is 22.8 Å². The molecule has 6 nitrogen and oxygen atoms in total. The Morgan fingerprint density at radius 3 is 2.48 bits per heavy atom. The first kappa shape index (κ1) is 17.9. The van der Waals surface area contributed by atoms with Crippen LogP contribution in [0.25, 0.3) is 0 Å². The van der Waals surface area contributed by atoms with E-state index in [4.69, 9.17) is 0 Å². The number of carbonyl (C=O) groups excluding carboxylic acids is 2. The van der Waals surface area contributed by atoms with Crippen LogP contribution in [0.3, 0.4) is 0 Å². The summed E-state index contributed by atoms with van der Waals surface area (Å²) in [5, 5.41) is 0. The minimum Gasteiger partial charge on any atom is -0.304 e. The molecule has 2 aliphatic heterocycles. The lowest BCUT2D eigenvalue weighted by atomic mass is 9.67. The molecule has 0 amide bonds. The highest BCUT2D eigenvalue weighted by molar-refractivity contribution is 6.51. The monoisotopic (exact) mass is 342 g/mol. The number of Topliss-reactive ketones (excluding diaryl/α,β-unsaturated/α-hetero) is 2. The molecule has 0 bridgehead atoms. The summed E-state index contributed by atoms with van der Waals surface area (Å²) in [6.07, 6.45) is 2.39. The van der Waals surface area contributed by atoms with Gasteiger partial charge in [-0.05, 0) is 46.8 Å². The molecular formula is C19H26N4O2. The van der Waals surface area contributed by atoms with Crippen LogP contribution in [0.4, 0.5) is 0 Å². The standard InChI is InChI=1S/C19H26N4O2/c1-6-23(7-2)9-8-12-14-13(10-20-19(4,5)18(14)25)15-16(17(12)24)22-11(3)21-15/h10,12,14H,6-9H2,1-5H3. The number of rotatable bonds is 5. The van der Waals surface area contributed by atoms with Crippen molar-refractivity contribution in [1.82, 2.24) is 4.90 Å². The predicted octanol–water partition coefficient (Wildman–Crippen LogP) is 2.09. The average Bonchev–Trinajstić information content (AvgIpc) is 2.96. The van der Waals surface area contributed by atoms with Crippen molar-refractivity contribution in [1.29, 1.82) is 0 Å². The van der Waals surface area contributed by atoms with Crippen molar-refractivity contribution in [3.63, 3.8) is 0 Å². The number of fused-ring (bicyclic) bond motifs is 2. The molecule has 3 rings (SSSR count). The molecule has 0 saturated heterocycles. The van der Waals surface area contributed by atoms with Crippen LogP contribution in [0, 0.1) is 11.8 Å². The molecule has 2 unspecified atom stereocenters. The zero-order chi connectivity index (χ0) is 18.4. The van der Waals surface area contributed by atoms with Crippen LogP contribution in [-0.2, 0) is 9.59 Å². The van der Waals surface area contributed by atoms with Gasteiger partial charge in [-0.2, -0.15) is 0 Å². The van der Waals surface area contributed by atoms with Gasteiger partial charge in [0, 0.05) is 17.7 Å². The van der Waals surface area contributed by atoms with E-state index in [2.05, 4.69) is 33.7 Å². The maximum atomic E-state index is 13.1. The van der Waals surface area contributed by atoms with Crippen LogP contribution >= 0.6 is 0 Å². The first-order valence-electron chi connectivity index (χ1n) is 9.04. The lowest BCUT2D eigenvalue weighted by molar-refractivity contribution is -0.131. The number of nitrogens with zero attached hydrogens (tertiary/aromatic N) is 4. The normalized spacial score (nSPS) is 27.4. The third-order valence-corrected chi connectivity index (χ3v) is 5.42. The fourth-order valence-corrected chi connectivity index (χ4v) is 3.82. The minimum absolute atomic E-state index is 0.00852. The Bertz CT molecular complexity index is 739. The summed E-state index contributed by atoms with van der Waals surface area (Å²) in [5.41, 5.74) is 0.935. The third kappa shape index (κ3) is 2.92. The zero-order valence-electron chi connectivity index (χ0n) is 15.7. The van der Waals surface area contributed by atoms with Gasteiger partial charge in [-0.3, -0.25) is 14.6 Å². The molecule has 3 aliphatic rings. The number of hydrogen-bond acceptors (Lipinski definition) is 6. The summed E-state index contributed by atoms with van der Waals surface area (Å²) in [7, 11) is 0. The Morgan fingerprint density at radius 1 is 1.16 bits per heavy atom. The third-order valence-electron chi connectivity index (χ3n) is 5.42. The minimum atomic E-state index is -0.797. The molecule has 0 saturated carbocycles. The van der Waals surface area contributed by atoms with Gasteiger partial charge in [-0.25, -0.2) is 9.98 Å². The highest BCUT2D eigenvalue weighted by Crippen LogP contribution is 2.40. The predicted molar refractivity (Wildman–Crippen MR) is 99.5 cm³/mol. The van der Waals surface area contributed by atoms with E-state index in [1.165, 1.54) is 0 Å². The van der Waals surface area contributed by atoms with Gasteiger partial charge < -0.3 is 4.90 Å². The summed E-state index contributed by atoms with van der Waals surface area (Å²) in [4.78, 5) is 41.6. The molecule has 6 heteroatoms. The lowest BCUT2D eigenvalue weighted by Gasteiger charge is -2.38. The molecule has 1 aliphatic carbocycles. The first-order chi connectivity index (χ1) is 11.8. The Labute approximate surface area is 148 Å². The second-order valence-electron chi connectivity index (χ2n) is 7.37. The van der Waals surface area contributed by atoms with Gasteiger partial charge in [0.2, 0.25) is 0 Å². The molecule has 0 N–H and O–H groups in total. The highest BCUT2D eigenvalue weighted by Gasteiger charge is 2.50. The number of allylic oxidation sites excluding steroid dienone is 2. The molecule has 25 heavy (non-hydrogen) atoms. The molecule has 134 valence electrons. The van der Waals surface area contributed by atoms with Crippen molar-refractivity contribution >= 4 is 29.3 Å². The average molecular weight is 342 g/mol. The fraction of sp³-hybridized carbons (Fsp3) is 0.632. The van der Waals surface area contributed by atoms with Crippen molar-refractivity contribution in [3.05, 3.63) is 11.3 Å². The number of amidine groups is 1. The number of aliphatic imine (C=N–C) groups is 3. The molecule has 0 aromatic carbocycles. The van der Waals surface area contributed by atoms with Crippen molar-refractivity contribution in [3.8, 4) is 0 Å². The highest BCUT2D eigenvalue weighted by atomic mass is 16.1. The largest absolute Gasteiger partial charge is 0.304 e. The van der Waals surface area contributed by atoms with Gasteiger partial charge in [0.15, 0.2) is 11.6 Å². The fourth-order valence-electron chi connectivity index (χ4n) is 3.82. The number of carbonyl (C=O) groups is 2. The maximum absolute atomic E-state index is 13.1. The molecule has 0 radical (unpaired) electrons. The summed E-state index contributed by atoms with van der Waals surface area (Å²) in [5.74, 6) is -0.304. The topological polar surface area (TPSA) is 74.5 Å². The molecule has 2 atom stereocenters. The lowest BCUT2D eigenvalue weighted by Crippen LogP contribution is -2.50. The van der Waals surface area contributed by atoms with Gasteiger partial charge in [0.05, 0.1) is 5.92 Å². The Kier molecular flexibility index (Phi) is 4.58. The first-order valence-corrected chi connectivity index (χ1v) is 9.04. The molecule has 0 aromatic rings. The maximum Gasteiger partial charge on any atom is 0.187 e. The van der Waals surface area contributed by atoms with E-state index in [1.54, 1.807) is 13.1 Å². The molecule has 0 aromatic heterocycles. The Morgan fingerprint density at radius 2 is 1.84 bits per heavy atom. The van der Waals surface area contributed by atoms with E-state index >= 15 is 0 Å². The summed E-state index contributed by atoms with van der Waals surface area (Å²) >= 11 is 0. The van der Waals surface area contributed by atoms with Gasteiger partial charge in [-0.1, -0.05) is 13.8 Å². The SMILES string of the molecule is CCN(CC)CCC1C(=O)C2=NC(C)=NC2=C2C=NC(C)(C)C(=O)C21. The summed E-state index contributed by atoms with van der Waals surface area (Å²) in [6, 6.07) is 0. The Hall–Kier alpha value is -1.95. The van der Waals surface area contributed by atoms with Gasteiger partial charge >= 0.3 is 0 Å². The summed E-state index contributed by atoms with van der Waals surface area (Å²) in [6.45, 7) is 12.3. The molecular weight excluding hydrogens is 316 g/mol. The van der Waals surface area contributed by atoms with E-state index in [0.29, 0.717) is 23.7 Å². The smallest absolute Gasteiger partial charge is 0.187 e. The van der Waals surface area contributed by atoms with Crippen LogP contribution < -0.4 is 0 Å². The van der Waals surface area contributed by atoms with Crippen LogP contribution in [0.15, 0.2) is 26.2 Å². The zero-order valence-corrected chi connectivity index (χ0v) is 15.7. The second kappa shape index (κ2) is 6.41. The molecule has 0 spiro atoms. The van der Waals surface area contributed by atoms with E-state index in [-0.39, 0.29) is 17.5 Å². The second-order valence-corrected chi connectivity index (χ2v) is 7.37. The van der Waals surface area contributed by atoms with E-state index in [9.17, 15) is 9.59 Å². The number of hydrogen-bond donors (Lipinski definition) is 0. The van der Waals surface area contributed by atoms with Crippen molar-refractivity contribution in [2.24, 2.45) is 26.8 Å². The van der Waals surface area contributed by atoms with Crippen molar-refractivity contribution in [2.45, 2.75) is 46.6 Å². The van der Waals surface area contributed by atoms with E-state index in [0.717, 1.165) is 25.2 Å². The quantitative estimate of drug-likeness (QED) is 0.768. The van der Waals surface area contributed by atoms with Crippen LogP contribution in [0.2, 0.25) is 0 Å². The summed E-state index contributed by atoms with van der Waals surface area (Å²) < 4.78 is 0. The van der Waals surface area contributed by atoms with E-state index in [1.807, 2.05) is 13.8 Å². The van der Waals surface area contributed by atoms with Crippen LogP contribution in [0.1, 0.15) is 41.0 Å². The Balaban J connectivity index is 2.03. The molecule has 0 fully saturated rings. The van der Waals surface area contributed by atoms with Crippen molar-refractivity contribution < 1.29 is 9.59 Å². The van der Waals surface area contributed by atoms with Gasteiger partial charge in [0.25, 0.3) is 0 Å². The van der Waals surface area contributed by atoms with Crippen LogP contribution in [-0.4, -0.2) is 59.4 Å². The number of ketones is 2. The van der Waals surface area contributed by atoms with Crippen molar-refractivity contribution in [2.75, 3.05) is 19.6 Å². The molecule has 2 heterocycles. The van der Waals surface area contributed by atoms with Gasteiger partial charge in [-0.15, -0.1) is 0 Å².